The molecular formula is C15H21N3O. The van der Waals surface area contributed by atoms with Crippen molar-refractivity contribution in [3.8, 4) is 5.69 Å². The number of hydrogen-bond acceptors (Lipinski definition) is 2. The van der Waals surface area contributed by atoms with Crippen LogP contribution in [0.5, 0.6) is 0 Å². The summed E-state index contributed by atoms with van der Waals surface area (Å²) in [6.45, 7) is 6.70. The molecule has 1 aromatic carbocycles. The molecule has 0 fully saturated rings. The molecule has 2 aromatic rings. The molecule has 0 saturated carbocycles. The Morgan fingerprint density at radius 3 is 2.42 bits per heavy atom. The van der Waals surface area contributed by atoms with Gasteiger partial charge in [-0.25, -0.2) is 4.68 Å². The Kier molecular flexibility index (Phi) is 3.90. The topological polar surface area (TPSA) is 63.8 Å². The van der Waals surface area contributed by atoms with Crippen LogP contribution in [0.3, 0.4) is 0 Å². The number of aromatic amines is 1. The molecule has 1 heterocycles. The highest BCUT2D eigenvalue weighted by Gasteiger charge is 2.11. The summed E-state index contributed by atoms with van der Waals surface area (Å²) >= 11 is 0. The van der Waals surface area contributed by atoms with Gasteiger partial charge < -0.3 is 5.73 Å². The normalized spacial score (nSPS) is 11.2. The zero-order valence-corrected chi connectivity index (χ0v) is 11.7. The lowest BCUT2D eigenvalue weighted by atomic mass is 10.0. The monoisotopic (exact) mass is 259 g/mol. The number of nitrogens with two attached hydrogens (primary N) is 1. The molecule has 0 amide bonds. The Bertz CT molecular complexity index is 605. The quantitative estimate of drug-likeness (QED) is 0.883. The first-order valence-corrected chi connectivity index (χ1v) is 6.65. The fourth-order valence-electron chi connectivity index (χ4n) is 2.21. The van der Waals surface area contributed by atoms with E-state index in [-0.39, 0.29) is 5.56 Å². The molecule has 0 spiro atoms. The van der Waals surface area contributed by atoms with Crippen molar-refractivity contribution in [2.24, 2.45) is 5.73 Å². The third-order valence-corrected chi connectivity index (χ3v) is 3.41. The van der Waals surface area contributed by atoms with Gasteiger partial charge in [0.25, 0.3) is 5.56 Å². The van der Waals surface area contributed by atoms with Crippen molar-refractivity contribution >= 4 is 0 Å². The average Bonchev–Trinajstić information content (AvgIpc) is 2.67. The van der Waals surface area contributed by atoms with Crippen molar-refractivity contribution in [3.63, 3.8) is 0 Å². The van der Waals surface area contributed by atoms with Gasteiger partial charge in [0.05, 0.1) is 5.69 Å². The largest absolute Gasteiger partial charge is 0.330 e. The van der Waals surface area contributed by atoms with E-state index in [9.17, 15) is 4.79 Å². The van der Waals surface area contributed by atoms with E-state index >= 15 is 0 Å². The lowest BCUT2D eigenvalue weighted by Gasteiger charge is -2.07. The molecule has 3 N–H and O–H groups in total. The summed E-state index contributed by atoms with van der Waals surface area (Å²) in [6, 6.07) is 8.06. The average molecular weight is 259 g/mol. The molecule has 0 atom stereocenters. The lowest BCUT2D eigenvalue weighted by Crippen LogP contribution is -2.19. The molecule has 2 rings (SSSR count). The number of H-pyrrole nitrogens is 1. The minimum atomic E-state index is 0.000229. The van der Waals surface area contributed by atoms with Crippen LogP contribution in [0.25, 0.3) is 5.69 Å². The van der Waals surface area contributed by atoms with E-state index in [1.165, 1.54) is 5.56 Å². The molecule has 0 unspecified atom stereocenters. The molecule has 19 heavy (non-hydrogen) atoms. The highest BCUT2D eigenvalue weighted by Crippen LogP contribution is 2.16. The fraction of sp³-hybridized carbons (Fsp3) is 0.400. The Morgan fingerprint density at radius 2 is 1.89 bits per heavy atom. The fourth-order valence-corrected chi connectivity index (χ4v) is 2.21. The predicted octanol–water partition coefficient (Wildman–Crippen LogP) is 2.10. The van der Waals surface area contributed by atoms with Crippen LogP contribution >= 0.6 is 0 Å². The summed E-state index contributed by atoms with van der Waals surface area (Å²) in [5.74, 6) is 0.490. The first-order chi connectivity index (χ1) is 9.04. The first kappa shape index (κ1) is 13.6. The zero-order valence-electron chi connectivity index (χ0n) is 11.7. The number of aryl methyl sites for hydroxylation is 1. The highest BCUT2D eigenvalue weighted by atomic mass is 16.1. The Balaban J connectivity index is 2.42. The zero-order chi connectivity index (χ0) is 14.0. The molecule has 0 aliphatic rings. The maximum atomic E-state index is 12.3. The second kappa shape index (κ2) is 5.45. The van der Waals surface area contributed by atoms with Crippen molar-refractivity contribution in [2.45, 2.75) is 33.1 Å². The van der Waals surface area contributed by atoms with E-state index in [4.69, 9.17) is 5.73 Å². The van der Waals surface area contributed by atoms with E-state index in [0.29, 0.717) is 18.9 Å². The van der Waals surface area contributed by atoms with Crippen LogP contribution in [-0.2, 0) is 6.42 Å². The number of nitrogens with one attached hydrogen (secondary N) is 1. The van der Waals surface area contributed by atoms with Gasteiger partial charge in [-0.3, -0.25) is 9.89 Å². The van der Waals surface area contributed by atoms with Crippen molar-refractivity contribution in [2.75, 3.05) is 6.54 Å². The molecule has 1 aromatic heterocycles. The van der Waals surface area contributed by atoms with Crippen LogP contribution < -0.4 is 11.3 Å². The van der Waals surface area contributed by atoms with Gasteiger partial charge in [-0.15, -0.1) is 0 Å². The first-order valence-electron chi connectivity index (χ1n) is 6.65. The van der Waals surface area contributed by atoms with Gasteiger partial charge in [-0.05, 0) is 43.5 Å². The summed E-state index contributed by atoms with van der Waals surface area (Å²) < 4.78 is 1.59. The van der Waals surface area contributed by atoms with Crippen molar-refractivity contribution in [1.29, 1.82) is 0 Å². The standard InChI is InChI=1S/C15H21N3O/c1-10(2)12-4-6-13(7-5-12)18-15(19)14(8-9-16)11(3)17-18/h4-7,10,17H,8-9,16H2,1-3H3. The van der Waals surface area contributed by atoms with Crippen molar-refractivity contribution < 1.29 is 0 Å². The summed E-state index contributed by atoms with van der Waals surface area (Å²) in [4.78, 5) is 12.3. The number of rotatable bonds is 4. The second-order valence-electron chi connectivity index (χ2n) is 5.14. The highest BCUT2D eigenvalue weighted by molar-refractivity contribution is 5.36. The maximum absolute atomic E-state index is 12.3. The van der Waals surface area contributed by atoms with Crippen LogP contribution in [0.2, 0.25) is 0 Å². The molecule has 102 valence electrons. The molecular weight excluding hydrogens is 238 g/mol. The van der Waals surface area contributed by atoms with Crippen LogP contribution in [0, 0.1) is 6.92 Å². The van der Waals surface area contributed by atoms with Crippen LogP contribution in [0.15, 0.2) is 29.1 Å². The van der Waals surface area contributed by atoms with E-state index in [1.807, 2.05) is 19.1 Å². The SMILES string of the molecule is Cc1[nH]n(-c2ccc(C(C)C)cc2)c(=O)c1CCN. The summed E-state index contributed by atoms with van der Waals surface area (Å²) in [7, 11) is 0. The third kappa shape index (κ3) is 2.63. The smallest absolute Gasteiger partial charge is 0.274 e. The van der Waals surface area contributed by atoms with Gasteiger partial charge in [0, 0.05) is 11.3 Å². The van der Waals surface area contributed by atoms with E-state index < -0.39 is 0 Å². The van der Waals surface area contributed by atoms with Crippen molar-refractivity contribution in [1.82, 2.24) is 9.78 Å². The van der Waals surface area contributed by atoms with Gasteiger partial charge in [-0.2, -0.15) is 0 Å². The maximum Gasteiger partial charge on any atom is 0.274 e. The molecule has 4 nitrogen and oxygen atoms in total. The minimum absolute atomic E-state index is 0.000229. The van der Waals surface area contributed by atoms with Crippen LogP contribution in [0.4, 0.5) is 0 Å². The van der Waals surface area contributed by atoms with Crippen molar-refractivity contribution in [3.05, 3.63) is 51.4 Å². The van der Waals surface area contributed by atoms with E-state index in [2.05, 4.69) is 31.1 Å². The van der Waals surface area contributed by atoms with Crippen LogP contribution in [-0.4, -0.2) is 16.3 Å². The minimum Gasteiger partial charge on any atom is -0.330 e. The third-order valence-electron chi connectivity index (χ3n) is 3.41. The number of nitrogens with zero attached hydrogens (tertiary/aromatic N) is 1. The lowest BCUT2D eigenvalue weighted by molar-refractivity contribution is 0.826. The summed E-state index contributed by atoms with van der Waals surface area (Å²) in [5, 5.41) is 3.11. The molecule has 0 saturated heterocycles. The Labute approximate surface area is 113 Å². The molecule has 0 aliphatic carbocycles. The number of hydrogen-bond donors (Lipinski definition) is 2. The molecule has 0 radical (unpaired) electrons. The Hall–Kier alpha value is -1.81. The van der Waals surface area contributed by atoms with Gasteiger partial charge in [-0.1, -0.05) is 26.0 Å². The van der Waals surface area contributed by atoms with Crippen LogP contribution in [0.1, 0.15) is 36.6 Å². The van der Waals surface area contributed by atoms with Gasteiger partial charge in [0.15, 0.2) is 0 Å². The molecule has 0 aliphatic heterocycles. The van der Waals surface area contributed by atoms with E-state index in [0.717, 1.165) is 16.9 Å². The predicted molar refractivity (Wildman–Crippen MR) is 78.0 cm³/mol. The summed E-state index contributed by atoms with van der Waals surface area (Å²) in [5.41, 5.74) is 9.33. The summed E-state index contributed by atoms with van der Waals surface area (Å²) in [6.07, 6.45) is 0.609. The van der Waals surface area contributed by atoms with Gasteiger partial charge in [0.1, 0.15) is 0 Å². The molecule has 4 heteroatoms. The number of aromatic nitrogens is 2. The molecule has 0 bridgehead atoms. The van der Waals surface area contributed by atoms with Gasteiger partial charge >= 0.3 is 0 Å². The van der Waals surface area contributed by atoms with E-state index in [1.54, 1.807) is 4.68 Å². The Morgan fingerprint density at radius 1 is 1.26 bits per heavy atom. The second-order valence-corrected chi connectivity index (χ2v) is 5.14. The van der Waals surface area contributed by atoms with Gasteiger partial charge in [0.2, 0.25) is 0 Å². The number of benzene rings is 1.